The molecule has 1 aromatic rings. The number of phenolic OH excluding ortho intramolecular Hbond substituents is 1. The minimum atomic E-state index is -0.674. The van der Waals surface area contributed by atoms with Gasteiger partial charge >= 0.3 is 0 Å². The average molecular weight is 362 g/mol. The number of phenols is 1. The van der Waals surface area contributed by atoms with Crippen molar-refractivity contribution in [2.45, 2.75) is 65.4 Å². The van der Waals surface area contributed by atoms with E-state index < -0.39 is 5.60 Å². The fourth-order valence-electron chi connectivity index (χ4n) is 6.10. The molecule has 0 bridgehead atoms. The highest BCUT2D eigenvalue weighted by Gasteiger charge is 2.57. The van der Waals surface area contributed by atoms with Crippen molar-refractivity contribution in [3.63, 3.8) is 0 Å². The van der Waals surface area contributed by atoms with Crippen molar-refractivity contribution in [2.24, 2.45) is 22.7 Å². The Bertz CT molecular complexity index is 655. The lowest BCUT2D eigenvalue weighted by atomic mass is 9.45. The standard InChI is InChI=1S/C22H35NO3/c1-20(2)8-6-9-21(3)18(20)7-10-22(4,25)19(21)14-23-15-11-16(24)13-17(12-15)26-5/h11-13,18-19,23-25H,6-10,14H2,1-5H3/t18?,19?,21-,22+/m0/s1. The van der Waals surface area contributed by atoms with E-state index in [1.165, 1.54) is 19.3 Å². The van der Waals surface area contributed by atoms with Crippen LogP contribution in [0.1, 0.15) is 59.8 Å². The summed E-state index contributed by atoms with van der Waals surface area (Å²) in [4.78, 5) is 0. The Balaban J connectivity index is 1.85. The molecule has 2 aliphatic rings. The number of ether oxygens (including phenoxy) is 1. The molecule has 0 saturated heterocycles. The molecular weight excluding hydrogens is 326 g/mol. The van der Waals surface area contributed by atoms with Gasteiger partial charge in [0.2, 0.25) is 0 Å². The van der Waals surface area contributed by atoms with Crippen LogP contribution in [0.15, 0.2) is 18.2 Å². The van der Waals surface area contributed by atoms with Gasteiger partial charge < -0.3 is 20.3 Å². The van der Waals surface area contributed by atoms with Crippen molar-refractivity contribution >= 4 is 5.69 Å². The zero-order valence-electron chi connectivity index (χ0n) is 16.9. The van der Waals surface area contributed by atoms with Crippen LogP contribution < -0.4 is 10.1 Å². The molecule has 0 heterocycles. The maximum absolute atomic E-state index is 11.2. The largest absolute Gasteiger partial charge is 0.508 e. The summed E-state index contributed by atoms with van der Waals surface area (Å²) in [5.74, 6) is 1.62. The van der Waals surface area contributed by atoms with Gasteiger partial charge in [-0.2, -0.15) is 0 Å². The van der Waals surface area contributed by atoms with Crippen LogP contribution in [0.3, 0.4) is 0 Å². The maximum atomic E-state index is 11.2. The molecule has 26 heavy (non-hydrogen) atoms. The summed E-state index contributed by atoms with van der Waals surface area (Å²) >= 11 is 0. The van der Waals surface area contributed by atoms with E-state index in [-0.39, 0.29) is 17.1 Å². The first kappa shape index (κ1) is 19.3. The molecule has 1 aromatic carbocycles. The number of nitrogens with one attached hydrogen (secondary N) is 1. The van der Waals surface area contributed by atoms with Crippen molar-refractivity contribution in [3.05, 3.63) is 18.2 Å². The van der Waals surface area contributed by atoms with Gasteiger partial charge in [-0.25, -0.2) is 0 Å². The van der Waals surface area contributed by atoms with Gasteiger partial charge in [-0.3, -0.25) is 0 Å². The minimum Gasteiger partial charge on any atom is -0.508 e. The summed E-state index contributed by atoms with van der Waals surface area (Å²) in [5.41, 5.74) is 0.610. The van der Waals surface area contributed by atoms with Crippen molar-refractivity contribution in [1.29, 1.82) is 0 Å². The number of fused-ring (bicyclic) bond motifs is 1. The molecule has 146 valence electrons. The van der Waals surface area contributed by atoms with E-state index in [0.717, 1.165) is 18.5 Å². The third-order valence-electron chi connectivity index (χ3n) is 7.40. The molecule has 0 spiro atoms. The lowest BCUT2D eigenvalue weighted by molar-refractivity contribution is -0.161. The van der Waals surface area contributed by atoms with Crippen LogP contribution in [0.5, 0.6) is 11.5 Å². The Morgan fingerprint density at radius 2 is 1.85 bits per heavy atom. The highest BCUT2D eigenvalue weighted by molar-refractivity contribution is 5.53. The number of benzene rings is 1. The summed E-state index contributed by atoms with van der Waals surface area (Å²) in [5, 5.41) is 24.6. The predicted octanol–water partition coefficient (Wildman–Crippen LogP) is 4.81. The van der Waals surface area contributed by atoms with Crippen LogP contribution >= 0.6 is 0 Å². The second kappa shape index (κ2) is 6.63. The van der Waals surface area contributed by atoms with Gasteiger partial charge in [0.1, 0.15) is 11.5 Å². The van der Waals surface area contributed by atoms with E-state index in [4.69, 9.17) is 4.74 Å². The molecular formula is C22H35NO3. The minimum absolute atomic E-state index is 0.122. The van der Waals surface area contributed by atoms with Gasteiger partial charge in [-0.05, 0) is 49.4 Å². The average Bonchev–Trinajstić information content (AvgIpc) is 2.52. The third-order valence-corrected chi connectivity index (χ3v) is 7.40. The van der Waals surface area contributed by atoms with Gasteiger partial charge in [0.25, 0.3) is 0 Å². The van der Waals surface area contributed by atoms with Gasteiger partial charge in [0, 0.05) is 36.3 Å². The first-order valence-corrected chi connectivity index (χ1v) is 9.93. The molecule has 2 saturated carbocycles. The maximum Gasteiger partial charge on any atom is 0.124 e. The normalized spacial score (nSPS) is 36.2. The fourth-order valence-corrected chi connectivity index (χ4v) is 6.10. The van der Waals surface area contributed by atoms with Crippen LogP contribution in [0, 0.1) is 22.7 Å². The smallest absolute Gasteiger partial charge is 0.124 e. The lowest BCUT2D eigenvalue weighted by Crippen LogP contribution is -2.59. The molecule has 4 nitrogen and oxygen atoms in total. The molecule has 2 aliphatic carbocycles. The number of hydrogen-bond donors (Lipinski definition) is 3. The van der Waals surface area contributed by atoms with E-state index in [1.54, 1.807) is 19.2 Å². The molecule has 2 unspecified atom stereocenters. The van der Waals surface area contributed by atoms with Crippen LogP contribution in [0.2, 0.25) is 0 Å². The van der Waals surface area contributed by atoms with Crippen molar-refractivity contribution in [1.82, 2.24) is 0 Å². The lowest BCUT2D eigenvalue weighted by Gasteiger charge is -2.61. The van der Waals surface area contributed by atoms with Crippen molar-refractivity contribution in [2.75, 3.05) is 19.0 Å². The van der Waals surface area contributed by atoms with Crippen LogP contribution in [-0.2, 0) is 0 Å². The zero-order chi connectivity index (χ0) is 19.2. The predicted molar refractivity (Wildman–Crippen MR) is 106 cm³/mol. The molecule has 2 fully saturated rings. The Morgan fingerprint density at radius 3 is 2.54 bits per heavy atom. The molecule has 3 rings (SSSR count). The summed E-state index contributed by atoms with van der Waals surface area (Å²) in [6, 6.07) is 5.20. The molecule has 0 aliphatic heterocycles. The van der Waals surface area contributed by atoms with E-state index in [1.807, 2.05) is 13.0 Å². The number of methoxy groups -OCH3 is 1. The number of rotatable bonds is 4. The van der Waals surface area contributed by atoms with E-state index >= 15 is 0 Å². The summed E-state index contributed by atoms with van der Waals surface area (Å²) < 4.78 is 5.25. The molecule has 4 atom stereocenters. The Morgan fingerprint density at radius 1 is 1.12 bits per heavy atom. The first-order valence-electron chi connectivity index (χ1n) is 9.93. The summed E-state index contributed by atoms with van der Waals surface area (Å²) in [6.45, 7) is 9.90. The monoisotopic (exact) mass is 361 g/mol. The van der Waals surface area contributed by atoms with Crippen molar-refractivity contribution in [3.8, 4) is 11.5 Å². The zero-order valence-corrected chi connectivity index (χ0v) is 16.9. The Kier molecular flexibility index (Phi) is 4.93. The fraction of sp³-hybridized carbons (Fsp3) is 0.727. The van der Waals surface area contributed by atoms with Gasteiger partial charge in [-0.1, -0.05) is 27.2 Å². The van der Waals surface area contributed by atoms with Gasteiger partial charge in [0.15, 0.2) is 0 Å². The molecule has 4 heteroatoms. The quantitative estimate of drug-likeness (QED) is 0.720. The molecule has 0 radical (unpaired) electrons. The number of hydrogen-bond acceptors (Lipinski definition) is 4. The molecule has 0 aromatic heterocycles. The Labute approximate surface area is 158 Å². The number of anilines is 1. The first-order chi connectivity index (χ1) is 12.1. The van der Waals surface area contributed by atoms with Gasteiger partial charge in [-0.15, -0.1) is 0 Å². The molecule has 0 amide bonds. The van der Waals surface area contributed by atoms with E-state index in [2.05, 4.69) is 26.1 Å². The van der Waals surface area contributed by atoms with Gasteiger partial charge in [0.05, 0.1) is 12.7 Å². The second-order valence-electron chi connectivity index (χ2n) is 9.65. The van der Waals surface area contributed by atoms with E-state index in [0.29, 0.717) is 23.6 Å². The third kappa shape index (κ3) is 3.40. The van der Waals surface area contributed by atoms with Crippen molar-refractivity contribution < 1.29 is 14.9 Å². The second-order valence-corrected chi connectivity index (χ2v) is 9.65. The number of aliphatic hydroxyl groups is 1. The SMILES string of the molecule is COc1cc(O)cc(NCC2[C@@]3(C)CCCC(C)(C)C3CC[C@@]2(C)O)c1. The van der Waals surface area contributed by atoms with E-state index in [9.17, 15) is 10.2 Å². The van der Waals surface area contributed by atoms with Crippen LogP contribution in [0.4, 0.5) is 5.69 Å². The molecule has 3 N–H and O–H groups in total. The summed E-state index contributed by atoms with van der Waals surface area (Å²) in [6.07, 6.45) is 5.64. The number of aromatic hydroxyl groups is 1. The highest BCUT2D eigenvalue weighted by atomic mass is 16.5. The Hall–Kier alpha value is -1.42. The topological polar surface area (TPSA) is 61.7 Å². The summed E-state index contributed by atoms with van der Waals surface area (Å²) in [7, 11) is 1.60. The van der Waals surface area contributed by atoms with Crippen LogP contribution in [0.25, 0.3) is 0 Å². The van der Waals surface area contributed by atoms with Crippen LogP contribution in [-0.4, -0.2) is 29.5 Å². The highest BCUT2D eigenvalue weighted by Crippen LogP contribution is 2.61.